The summed E-state index contributed by atoms with van der Waals surface area (Å²) < 4.78 is 0. The van der Waals surface area contributed by atoms with E-state index in [1.165, 1.54) is 6.42 Å². The normalized spacial score (nSPS) is 18.5. The van der Waals surface area contributed by atoms with E-state index in [1.807, 2.05) is 13.8 Å². The summed E-state index contributed by atoms with van der Waals surface area (Å²) in [7, 11) is 0. The summed E-state index contributed by atoms with van der Waals surface area (Å²) in [4.78, 5) is 22.8. The van der Waals surface area contributed by atoms with Gasteiger partial charge in [0.05, 0.1) is 0 Å². The number of rotatable bonds is 7. The summed E-state index contributed by atoms with van der Waals surface area (Å²) in [5.74, 6) is -0.743. The quantitative estimate of drug-likeness (QED) is 0.664. The molecule has 0 bridgehead atoms. The minimum Gasteiger partial charge on any atom is -0.480 e. The van der Waals surface area contributed by atoms with Crippen molar-refractivity contribution in [3.05, 3.63) is 0 Å². The summed E-state index contributed by atoms with van der Waals surface area (Å²) in [5.41, 5.74) is 0.244. The van der Waals surface area contributed by atoms with Crippen LogP contribution in [0.4, 0.5) is 4.79 Å². The van der Waals surface area contributed by atoms with Gasteiger partial charge in [0, 0.05) is 6.54 Å². The van der Waals surface area contributed by atoms with E-state index >= 15 is 0 Å². The average Bonchev–Trinajstić information content (AvgIpc) is 2.26. The molecule has 1 aliphatic rings. The Hall–Kier alpha value is -1.26. The zero-order chi connectivity index (χ0) is 14.5. The summed E-state index contributed by atoms with van der Waals surface area (Å²) >= 11 is 0. The van der Waals surface area contributed by atoms with Crippen LogP contribution in [0.25, 0.3) is 0 Å². The Morgan fingerprint density at radius 2 is 1.95 bits per heavy atom. The number of hydrogen-bond acceptors (Lipinski definition) is 2. The highest BCUT2D eigenvalue weighted by Crippen LogP contribution is 2.42. The van der Waals surface area contributed by atoms with E-state index < -0.39 is 12.0 Å². The Bertz CT molecular complexity index is 319. The van der Waals surface area contributed by atoms with Crippen LogP contribution < -0.4 is 10.6 Å². The fraction of sp³-hybridized carbons (Fsp3) is 0.857. The molecule has 0 unspecified atom stereocenters. The zero-order valence-corrected chi connectivity index (χ0v) is 12.2. The van der Waals surface area contributed by atoms with Gasteiger partial charge in [-0.15, -0.1) is 0 Å². The third kappa shape index (κ3) is 4.73. The van der Waals surface area contributed by atoms with Crippen LogP contribution in [0.2, 0.25) is 0 Å². The Labute approximate surface area is 115 Å². The van der Waals surface area contributed by atoms with Crippen molar-refractivity contribution in [1.29, 1.82) is 0 Å². The Morgan fingerprint density at radius 3 is 2.32 bits per heavy atom. The molecule has 0 spiro atoms. The van der Waals surface area contributed by atoms with Crippen molar-refractivity contribution in [2.75, 3.05) is 6.54 Å². The molecule has 5 nitrogen and oxygen atoms in total. The molecule has 0 saturated heterocycles. The highest BCUT2D eigenvalue weighted by atomic mass is 16.4. The van der Waals surface area contributed by atoms with Gasteiger partial charge in [0.25, 0.3) is 0 Å². The number of aliphatic carboxylic acids is 1. The smallest absolute Gasteiger partial charge is 0.326 e. The second kappa shape index (κ2) is 6.78. The molecule has 0 aliphatic heterocycles. The minimum absolute atomic E-state index is 0.231. The van der Waals surface area contributed by atoms with Gasteiger partial charge in [0.15, 0.2) is 0 Å². The number of hydrogen-bond donors (Lipinski definition) is 3. The van der Waals surface area contributed by atoms with Crippen LogP contribution >= 0.6 is 0 Å². The van der Waals surface area contributed by atoms with Crippen molar-refractivity contribution >= 4 is 12.0 Å². The minimum atomic E-state index is -0.974. The first kappa shape index (κ1) is 15.8. The fourth-order valence-corrected chi connectivity index (χ4v) is 2.50. The molecule has 0 aromatic heterocycles. The van der Waals surface area contributed by atoms with Crippen molar-refractivity contribution in [1.82, 2.24) is 10.6 Å². The van der Waals surface area contributed by atoms with Crippen LogP contribution in [0.1, 0.15) is 52.9 Å². The standard InChI is InChI=1S/C14H26N2O3/c1-4-14(6-5-7-14)9-15-13(19)16-11(12(17)18)8-10(2)3/h10-11H,4-9H2,1-3H3,(H,17,18)(H2,15,16,19)/t11-/m0/s1. The van der Waals surface area contributed by atoms with Crippen LogP contribution in [0.5, 0.6) is 0 Å². The largest absolute Gasteiger partial charge is 0.480 e. The maximum Gasteiger partial charge on any atom is 0.326 e. The Kier molecular flexibility index (Phi) is 5.63. The van der Waals surface area contributed by atoms with Gasteiger partial charge in [-0.1, -0.05) is 27.2 Å². The molecule has 1 fully saturated rings. The molecule has 110 valence electrons. The van der Waals surface area contributed by atoms with Crippen LogP contribution in [0, 0.1) is 11.3 Å². The lowest BCUT2D eigenvalue weighted by atomic mass is 9.67. The molecule has 0 aromatic rings. The number of carboxylic acid groups (broad SMARTS) is 1. The Morgan fingerprint density at radius 1 is 1.32 bits per heavy atom. The van der Waals surface area contributed by atoms with Crippen LogP contribution in [0.3, 0.4) is 0 Å². The summed E-state index contributed by atoms with van der Waals surface area (Å²) in [6.45, 7) is 6.66. The highest BCUT2D eigenvalue weighted by molar-refractivity contribution is 5.82. The van der Waals surface area contributed by atoms with Gasteiger partial charge in [0.1, 0.15) is 6.04 Å². The SMILES string of the molecule is CCC1(CNC(=O)N[C@@H](CC(C)C)C(=O)O)CCC1. The molecule has 1 atom stereocenters. The van der Waals surface area contributed by atoms with Crippen LogP contribution in [-0.4, -0.2) is 29.7 Å². The van der Waals surface area contributed by atoms with E-state index in [9.17, 15) is 9.59 Å². The van der Waals surface area contributed by atoms with Crippen molar-refractivity contribution in [2.24, 2.45) is 11.3 Å². The number of amides is 2. The number of nitrogens with one attached hydrogen (secondary N) is 2. The predicted molar refractivity (Wildman–Crippen MR) is 74.0 cm³/mol. The lowest BCUT2D eigenvalue weighted by Gasteiger charge is -2.41. The van der Waals surface area contributed by atoms with Gasteiger partial charge < -0.3 is 15.7 Å². The second-order valence-electron chi connectivity index (χ2n) is 6.05. The van der Waals surface area contributed by atoms with Gasteiger partial charge in [-0.05, 0) is 37.0 Å². The molecule has 5 heteroatoms. The van der Waals surface area contributed by atoms with Gasteiger partial charge in [-0.3, -0.25) is 0 Å². The van der Waals surface area contributed by atoms with E-state index in [-0.39, 0.29) is 17.4 Å². The van der Waals surface area contributed by atoms with Crippen molar-refractivity contribution in [2.45, 2.75) is 58.9 Å². The highest BCUT2D eigenvalue weighted by Gasteiger charge is 2.35. The van der Waals surface area contributed by atoms with E-state index in [0.717, 1.165) is 19.3 Å². The number of carboxylic acids is 1. The molecule has 2 amide bonds. The predicted octanol–water partition coefficient (Wildman–Crippen LogP) is 2.37. The first-order chi connectivity index (χ1) is 8.88. The lowest BCUT2D eigenvalue weighted by Crippen LogP contribution is -2.50. The van der Waals surface area contributed by atoms with Gasteiger partial charge in [0.2, 0.25) is 0 Å². The second-order valence-corrected chi connectivity index (χ2v) is 6.05. The molecule has 0 aromatic carbocycles. The third-order valence-electron chi connectivity index (χ3n) is 4.10. The van der Waals surface area contributed by atoms with Crippen LogP contribution in [-0.2, 0) is 4.79 Å². The molecule has 3 N–H and O–H groups in total. The maximum atomic E-state index is 11.8. The number of urea groups is 1. The molecular weight excluding hydrogens is 244 g/mol. The monoisotopic (exact) mass is 270 g/mol. The molecule has 0 heterocycles. The van der Waals surface area contributed by atoms with Gasteiger partial charge in [-0.25, -0.2) is 9.59 Å². The zero-order valence-electron chi connectivity index (χ0n) is 12.2. The molecule has 1 rings (SSSR count). The van der Waals surface area contributed by atoms with Gasteiger partial charge >= 0.3 is 12.0 Å². The number of carbonyl (C=O) groups excluding carboxylic acids is 1. The third-order valence-corrected chi connectivity index (χ3v) is 4.10. The summed E-state index contributed by atoms with van der Waals surface area (Å²) in [6.07, 6.45) is 5.03. The molecule has 1 saturated carbocycles. The molecule has 19 heavy (non-hydrogen) atoms. The molecule has 1 aliphatic carbocycles. The topological polar surface area (TPSA) is 78.4 Å². The van der Waals surface area contributed by atoms with E-state index in [2.05, 4.69) is 17.6 Å². The fourth-order valence-electron chi connectivity index (χ4n) is 2.50. The maximum absolute atomic E-state index is 11.8. The summed E-state index contributed by atoms with van der Waals surface area (Å²) in [5, 5.41) is 14.4. The molecular formula is C14H26N2O3. The summed E-state index contributed by atoms with van der Waals surface area (Å²) in [6, 6.07) is -1.17. The van der Waals surface area contributed by atoms with Crippen molar-refractivity contribution in [3.8, 4) is 0 Å². The molecule has 0 radical (unpaired) electrons. The Balaban J connectivity index is 2.38. The van der Waals surface area contributed by atoms with E-state index in [0.29, 0.717) is 13.0 Å². The van der Waals surface area contributed by atoms with Gasteiger partial charge in [-0.2, -0.15) is 0 Å². The van der Waals surface area contributed by atoms with E-state index in [1.54, 1.807) is 0 Å². The first-order valence-corrected chi connectivity index (χ1v) is 7.16. The van der Waals surface area contributed by atoms with E-state index in [4.69, 9.17) is 5.11 Å². The van der Waals surface area contributed by atoms with Crippen LogP contribution in [0.15, 0.2) is 0 Å². The first-order valence-electron chi connectivity index (χ1n) is 7.16. The van der Waals surface area contributed by atoms with Crippen molar-refractivity contribution in [3.63, 3.8) is 0 Å². The van der Waals surface area contributed by atoms with Crippen molar-refractivity contribution < 1.29 is 14.7 Å². The number of carbonyl (C=O) groups is 2. The average molecular weight is 270 g/mol. The lowest BCUT2D eigenvalue weighted by molar-refractivity contribution is -0.139.